The Balaban J connectivity index is 0.000000490. The Morgan fingerprint density at radius 3 is 2.62 bits per heavy atom. The van der Waals surface area contributed by atoms with Crippen LogP contribution in [0.15, 0.2) is 0 Å². The second kappa shape index (κ2) is 3.92. The highest BCUT2D eigenvalue weighted by Gasteiger charge is 2.04. The molecule has 0 aliphatic carbocycles. The Morgan fingerprint density at radius 2 is 2.38 bits per heavy atom. The summed E-state index contributed by atoms with van der Waals surface area (Å²) in [6, 6.07) is 0. The standard InChI is InChI=1S/C5H11NO.B/c1-5-4-6-2-3-7-5;/h5-6H,2-4H2,1H3;. The molecular weight excluding hydrogens is 101 g/mol. The summed E-state index contributed by atoms with van der Waals surface area (Å²) < 4.78 is 5.22. The molecule has 1 fully saturated rings. The topological polar surface area (TPSA) is 21.3 Å². The predicted molar refractivity (Wildman–Crippen MR) is 34.0 cm³/mol. The molecule has 0 amide bonds. The van der Waals surface area contributed by atoms with Crippen LogP contribution in [0, 0.1) is 0 Å². The molecule has 0 aromatic rings. The van der Waals surface area contributed by atoms with Crippen LogP contribution in [0.1, 0.15) is 6.92 Å². The lowest BCUT2D eigenvalue weighted by Crippen LogP contribution is -2.36. The summed E-state index contributed by atoms with van der Waals surface area (Å²) in [5, 5.41) is 3.21. The van der Waals surface area contributed by atoms with Crippen molar-refractivity contribution in [3.8, 4) is 0 Å². The highest BCUT2D eigenvalue weighted by Crippen LogP contribution is 1.91. The maximum absolute atomic E-state index is 5.22. The molecule has 0 aromatic carbocycles. The van der Waals surface area contributed by atoms with Crippen LogP contribution in [0.2, 0.25) is 0 Å². The Morgan fingerprint density at radius 1 is 1.62 bits per heavy atom. The molecule has 1 atom stereocenters. The molecule has 0 aromatic heterocycles. The summed E-state index contributed by atoms with van der Waals surface area (Å²) in [6.07, 6.45) is 0.425. The monoisotopic (exact) mass is 112 g/mol. The van der Waals surface area contributed by atoms with Gasteiger partial charge in [-0.25, -0.2) is 0 Å². The minimum Gasteiger partial charge on any atom is -0.376 e. The smallest absolute Gasteiger partial charge is 0.0672 e. The maximum Gasteiger partial charge on any atom is 0.0672 e. The van der Waals surface area contributed by atoms with Crippen LogP contribution in [0.3, 0.4) is 0 Å². The minimum atomic E-state index is 0. The Hall–Kier alpha value is -0.0151. The van der Waals surface area contributed by atoms with Crippen LogP contribution < -0.4 is 5.32 Å². The van der Waals surface area contributed by atoms with Gasteiger partial charge in [0.15, 0.2) is 0 Å². The van der Waals surface area contributed by atoms with Crippen LogP contribution in [0.4, 0.5) is 0 Å². The fourth-order valence-corrected chi connectivity index (χ4v) is 0.697. The summed E-state index contributed by atoms with van der Waals surface area (Å²) in [6.45, 7) is 4.98. The van der Waals surface area contributed by atoms with Crippen LogP contribution >= 0.6 is 0 Å². The lowest BCUT2D eigenvalue weighted by molar-refractivity contribution is 0.0410. The first kappa shape index (κ1) is 7.98. The van der Waals surface area contributed by atoms with Crippen molar-refractivity contribution in [2.24, 2.45) is 0 Å². The number of hydrogen-bond donors (Lipinski definition) is 1. The summed E-state index contributed by atoms with van der Waals surface area (Å²) in [5.41, 5.74) is 0. The summed E-state index contributed by atoms with van der Waals surface area (Å²) in [5.74, 6) is 0. The third kappa shape index (κ3) is 2.33. The third-order valence-corrected chi connectivity index (χ3v) is 1.11. The van der Waals surface area contributed by atoms with E-state index in [4.69, 9.17) is 4.74 Å². The van der Waals surface area contributed by atoms with Crippen LogP contribution in [0.5, 0.6) is 0 Å². The molecule has 2 nitrogen and oxygen atoms in total. The van der Waals surface area contributed by atoms with Gasteiger partial charge in [0.25, 0.3) is 0 Å². The SMILES string of the molecule is CC1CNCCO1.[B]. The van der Waals surface area contributed by atoms with Crippen molar-refractivity contribution in [3.05, 3.63) is 0 Å². The molecule has 3 heteroatoms. The zero-order valence-corrected chi connectivity index (χ0v) is 5.18. The van der Waals surface area contributed by atoms with E-state index in [1.165, 1.54) is 0 Å². The summed E-state index contributed by atoms with van der Waals surface area (Å²) in [7, 11) is 0. The van der Waals surface area contributed by atoms with E-state index in [-0.39, 0.29) is 8.41 Å². The van der Waals surface area contributed by atoms with Gasteiger partial charge in [-0.3, -0.25) is 0 Å². The van der Waals surface area contributed by atoms with E-state index < -0.39 is 0 Å². The van der Waals surface area contributed by atoms with Crippen molar-refractivity contribution in [1.82, 2.24) is 5.32 Å². The second-order valence-corrected chi connectivity index (χ2v) is 1.89. The zero-order chi connectivity index (χ0) is 5.11. The number of nitrogens with one attached hydrogen (secondary N) is 1. The van der Waals surface area contributed by atoms with Gasteiger partial charge < -0.3 is 10.1 Å². The largest absolute Gasteiger partial charge is 0.376 e. The van der Waals surface area contributed by atoms with E-state index in [2.05, 4.69) is 12.2 Å². The number of morpholine rings is 1. The average molecular weight is 112 g/mol. The van der Waals surface area contributed by atoms with Gasteiger partial charge in [0.1, 0.15) is 0 Å². The van der Waals surface area contributed by atoms with E-state index >= 15 is 0 Å². The molecule has 1 rings (SSSR count). The third-order valence-electron chi connectivity index (χ3n) is 1.11. The number of ether oxygens (including phenoxy) is 1. The van der Waals surface area contributed by atoms with Gasteiger partial charge in [-0.2, -0.15) is 0 Å². The second-order valence-electron chi connectivity index (χ2n) is 1.89. The Bertz CT molecular complexity index is 54.4. The number of hydrogen-bond acceptors (Lipinski definition) is 2. The van der Waals surface area contributed by atoms with Crippen molar-refractivity contribution >= 4 is 8.41 Å². The predicted octanol–water partition coefficient (Wildman–Crippen LogP) is -0.386. The molecule has 8 heavy (non-hydrogen) atoms. The van der Waals surface area contributed by atoms with Gasteiger partial charge in [0.2, 0.25) is 0 Å². The van der Waals surface area contributed by atoms with Crippen molar-refractivity contribution in [2.75, 3.05) is 19.7 Å². The van der Waals surface area contributed by atoms with Crippen LogP contribution in [-0.2, 0) is 4.74 Å². The first-order valence-corrected chi connectivity index (χ1v) is 2.72. The summed E-state index contributed by atoms with van der Waals surface area (Å²) in [4.78, 5) is 0. The zero-order valence-electron chi connectivity index (χ0n) is 5.18. The van der Waals surface area contributed by atoms with Gasteiger partial charge in [-0.15, -0.1) is 0 Å². The Labute approximate surface area is 52.2 Å². The van der Waals surface area contributed by atoms with Crippen LogP contribution in [0.25, 0.3) is 0 Å². The lowest BCUT2D eigenvalue weighted by Gasteiger charge is -2.18. The normalized spacial score (nSPS) is 28.9. The Kier molecular flexibility index (Phi) is 3.92. The van der Waals surface area contributed by atoms with Gasteiger partial charge >= 0.3 is 0 Å². The van der Waals surface area contributed by atoms with Crippen molar-refractivity contribution < 1.29 is 4.74 Å². The average Bonchev–Trinajstić information content (AvgIpc) is 1.69. The fourth-order valence-electron chi connectivity index (χ4n) is 0.697. The van der Waals surface area contributed by atoms with Gasteiger partial charge in [-0.1, -0.05) is 0 Å². The number of rotatable bonds is 0. The quantitative estimate of drug-likeness (QED) is 0.431. The van der Waals surface area contributed by atoms with Crippen molar-refractivity contribution in [2.45, 2.75) is 13.0 Å². The van der Waals surface area contributed by atoms with E-state index in [0.717, 1.165) is 19.7 Å². The van der Waals surface area contributed by atoms with Gasteiger partial charge in [-0.05, 0) is 6.92 Å². The molecule has 1 saturated heterocycles. The van der Waals surface area contributed by atoms with E-state index in [1.807, 2.05) is 0 Å². The molecule has 3 radical (unpaired) electrons. The highest BCUT2D eigenvalue weighted by molar-refractivity contribution is 5.75. The molecule has 1 aliphatic rings. The fraction of sp³-hybridized carbons (Fsp3) is 1.00. The summed E-state index contributed by atoms with van der Waals surface area (Å²) >= 11 is 0. The van der Waals surface area contributed by atoms with Crippen molar-refractivity contribution in [3.63, 3.8) is 0 Å². The van der Waals surface area contributed by atoms with Gasteiger partial charge in [0, 0.05) is 21.5 Å². The molecule has 1 unspecified atom stereocenters. The van der Waals surface area contributed by atoms with Crippen molar-refractivity contribution in [1.29, 1.82) is 0 Å². The molecule has 1 aliphatic heterocycles. The van der Waals surface area contributed by atoms with Gasteiger partial charge in [0.05, 0.1) is 12.7 Å². The maximum atomic E-state index is 5.22. The highest BCUT2D eigenvalue weighted by atomic mass is 16.5. The molecule has 1 N–H and O–H groups in total. The molecule has 0 saturated carbocycles. The molecule has 0 bridgehead atoms. The molecule has 1 heterocycles. The minimum absolute atomic E-state index is 0. The lowest BCUT2D eigenvalue weighted by atomic mass is 10.3. The molecule has 0 spiro atoms. The van der Waals surface area contributed by atoms with E-state index in [9.17, 15) is 0 Å². The van der Waals surface area contributed by atoms with E-state index in [1.54, 1.807) is 0 Å². The molecular formula is C5H11BNO. The van der Waals surface area contributed by atoms with Crippen LogP contribution in [-0.4, -0.2) is 34.2 Å². The first-order chi connectivity index (χ1) is 3.39. The van der Waals surface area contributed by atoms with E-state index in [0.29, 0.717) is 6.10 Å². The molecule has 45 valence electrons. The first-order valence-electron chi connectivity index (χ1n) is 2.72.